The summed E-state index contributed by atoms with van der Waals surface area (Å²) in [6.45, 7) is 0. The van der Waals surface area contributed by atoms with E-state index >= 15 is 0 Å². The maximum absolute atomic E-state index is 13.0. The normalized spacial score (nSPS) is 12.8. The molecule has 0 aliphatic carbocycles. The minimum absolute atomic E-state index is 0.00670. The molecular formula is C15H8F6N2. The van der Waals surface area contributed by atoms with Crippen LogP contribution in [0.4, 0.5) is 26.3 Å². The minimum Gasteiger partial charge on any atom is -0.295 e. The topological polar surface area (TPSA) is 17.3 Å². The molecule has 0 atom stereocenters. The molecule has 1 aromatic carbocycles. The predicted molar refractivity (Wildman–Crippen MR) is 70.6 cm³/mol. The Kier molecular flexibility index (Phi) is 3.35. The molecule has 23 heavy (non-hydrogen) atoms. The van der Waals surface area contributed by atoms with Gasteiger partial charge in [0.2, 0.25) is 0 Å². The van der Waals surface area contributed by atoms with E-state index in [0.29, 0.717) is 0 Å². The molecule has 0 bridgehead atoms. The largest absolute Gasteiger partial charge is 0.431 e. The van der Waals surface area contributed by atoms with E-state index in [1.54, 1.807) is 0 Å². The summed E-state index contributed by atoms with van der Waals surface area (Å²) in [6, 6.07) is 7.73. The molecule has 0 N–H and O–H groups in total. The van der Waals surface area contributed by atoms with Crippen LogP contribution in [0.15, 0.2) is 48.7 Å². The fraction of sp³-hybridized carbons (Fsp3) is 0.133. The first kappa shape index (κ1) is 15.4. The van der Waals surface area contributed by atoms with Gasteiger partial charge >= 0.3 is 12.4 Å². The zero-order valence-electron chi connectivity index (χ0n) is 11.3. The summed E-state index contributed by atoms with van der Waals surface area (Å²) in [7, 11) is 0. The Labute approximate surface area is 126 Å². The Bertz CT molecular complexity index is 860. The molecule has 120 valence electrons. The van der Waals surface area contributed by atoms with Gasteiger partial charge in [0.25, 0.3) is 0 Å². The first-order valence-corrected chi connectivity index (χ1v) is 6.39. The van der Waals surface area contributed by atoms with Crippen molar-refractivity contribution in [3.05, 3.63) is 59.9 Å². The first-order chi connectivity index (χ1) is 10.7. The molecule has 0 radical (unpaired) electrons. The zero-order valence-corrected chi connectivity index (χ0v) is 11.3. The van der Waals surface area contributed by atoms with Gasteiger partial charge in [-0.25, -0.2) is 4.98 Å². The summed E-state index contributed by atoms with van der Waals surface area (Å²) in [6.07, 6.45) is -8.05. The molecule has 2 aromatic heterocycles. The molecule has 0 aliphatic rings. The second kappa shape index (κ2) is 5.00. The number of aromatic nitrogens is 2. The molecule has 0 amide bonds. The van der Waals surface area contributed by atoms with Crippen LogP contribution >= 0.6 is 0 Å². The molecule has 0 saturated carbocycles. The number of hydrogen-bond donors (Lipinski definition) is 0. The van der Waals surface area contributed by atoms with Gasteiger partial charge in [-0.3, -0.25) is 4.40 Å². The van der Waals surface area contributed by atoms with Gasteiger partial charge in [-0.05, 0) is 24.3 Å². The molecule has 0 fully saturated rings. The molecule has 0 aliphatic heterocycles. The van der Waals surface area contributed by atoms with Crippen LogP contribution in [0.5, 0.6) is 0 Å². The molecule has 8 heteroatoms. The Morgan fingerprint density at radius 1 is 0.826 bits per heavy atom. The lowest BCUT2D eigenvalue weighted by molar-refractivity contribution is -0.142. The van der Waals surface area contributed by atoms with Crippen LogP contribution in [0.25, 0.3) is 16.9 Å². The monoisotopic (exact) mass is 330 g/mol. The number of imidazole rings is 1. The highest BCUT2D eigenvalue weighted by atomic mass is 19.4. The number of hydrogen-bond acceptors (Lipinski definition) is 1. The van der Waals surface area contributed by atoms with E-state index in [1.165, 1.54) is 24.3 Å². The lowest BCUT2D eigenvalue weighted by atomic mass is 10.1. The summed E-state index contributed by atoms with van der Waals surface area (Å²) >= 11 is 0. The van der Waals surface area contributed by atoms with Gasteiger partial charge < -0.3 is 0 Å². The number of rotatable bonds is 1. The summed E-state index contributed by atoms with van der Waals surface area (Å²) in [5, 5.41) is 0. The van der Waals surface area contributed by atoms with E-state index < -0.39 is 23.6 Å². The average molecular weight is 330 g/mol. The molecule has 3 aromatic rings. The fourth-order valence-corrected chi connectivity index (χ4v) is 2.24. The highest BCUT2D eigenvalue weighted by Crippen LogP contribution is 2.33. The third kappa shape index (κ3) is 2.88. The standard InChI is InChI=1S/C15H8F6N2/c16-14(17,18)10-4-1-3-9(7-10)11-8-23-12(15(19,20)21)5-2-6-13(23)22-11/h1-8H. The van der Waals surface area contributed by atoms with Crippen LogP contribution < -0.4 is 0 Å². The van der Waals surface area contributed by atoms with Crippen LogP contribution in [-0.2, 0) is 12.4 Å². The SMILES string of the molecule is FC(F)(F)c1cccc(-c2cn3c(C(F)(F)F)cccc3n2)c1. The van der Waals surface area contributed by atoms with Gasteiger partial charge in [0.1, 0.15) is 11.3 Å². The first-order valence-electron chi connectivity index (χ1n) is 6.39. The van der Waals surface area contributed by atoms with Gasteiger partial charge in [0, 0.05) is 11.8 Å². The Morgan fingerprint density at radius 2 is 1.52 bits per heavy atom. The smallest absolute Gasteiger partial charge is 0.295 e. The lowest BCUT2D eigenvalue weighted by Gasteiger charge is -2.08. The van der Waals surface area contributed by atoms with Crippen molar-refractivity contribution in [1.29, 1.82) is 0 Å². The number of pyridine rings is 1. The molecule has 0 saturated heterocycles. The number of halogens is 6. The summed E-state index contributed by atoms with van der Waals surface area (Å²) < 4.78 is 77.9. The van der Waals surface area contributed by atoms with E-state index in [0.717, 1.165) is 28.8 Å². The summed E-state index contributed by atoms with van der Waals surface area (Å²) in [5.41, 5.74) is -1.69. The van der Waals surface area contributed by atoms with E-state index in [-0.39, 0.29) is 16.9 Å². The van der Waals surface area contributed by atoms with Crippen LogP contribution in [0.3, 0.4) is 0 Å². The average Bonchev–Trinajstić information content (AvgIpc) is 2.89. The van der Waals surface area contributed by atoms with Gasteiger partial charge in [-0.15, -0.1) is 0 Å². The maximum atomic E-state index is 13.0. The summed E-state index contributed by atoms with van der Waals surface area (Å²) in [5.74, 6) is 0. The van der Waals surface area contributed by atoms with Crippen molar-refractivity contribution in [2.24, 2.45) is 0 Å². The van der Waals surface area contributed by atoms with Crippen molar-refractivity contribution < 1.29 is 26.3 Å². The van der Waals surface area contributed by atoms with Gasteiger partial charge in [0.15, 0.2) is 0 Å². The Morgan fingerprint density at radius 3 is 2.17 bits per heavy atom. The highest BCUT2D eigenvalue weighted by molar-refractivity contribution is 5.64. The fourth-order valence-electron chi connectivity index (χ4n) is 2.24. The van der Waals surface area contributed by atoms with Crippen LogP contribution in [0.2, 0.25) is 0 Å². The van der Waals surface area contributed by atoms with E-state index in [4.69, 9.17) is 0 Å². The van der Waals surface area contributed by atoms with Crippen molar-refractivity contribution >= 4 is 5.65 Å². The Balaban J connectivity index is 2.15. The van der Waals surface area contributed by atoms with Crippen LogP contribution in [0, 0.1) is 0 Å². The second-order valence-electron chi connectivity index (χ2n) is 4.84. The molecule has 0 spiro atoms. The third-order valence-corrected chi connectivity index (χ3v) is 3.27. The summed E-state index contributed by atoms with van der Waals surface area (Å²) in [4.78, 5) is 3.98. The molecule has 3 rings (SSSR count). The number of fused-ring (bicyclic) bond motifs is 1. The van der Waals surface area contributed by atoms with Crippen molar-refractivity contribution in [2.75, 3.05) is 0 Å². The van der Waals surface area contributed by atoms with Crippen molar-refractivity contribution in [3.63, 3.8) is 0 Å². The van der Waals surface area contributed by atoms with Crippen LogP contribution in [-0.4, -0.2) is 9.38 Å². The number of alkyl halides is 6. The molecular weight excluding hydrogens is 322 g/mol. The number of nitrogens with zero attached hydrogens (tertiary/aromatic N) is 2. The highest BCUT2D eigenvalue weighted by Gasteiger charge is 2.34. The third-order valence-electron chi connectivity index (χ3n) is 3.27. The quantitative estimate of drug-likeness (QED) is 0.572. The molecule has 2 heterocycles. The van der Waals surface area contributed by atoms with Crippen molar-refractivity contribution in [1.82, 2.24) is 9.38 Å². The van der Waals surface area contributed by atoms with E-state index in [2.05, 4.69) is 4.98 Å². The van der Waals surface area contributed by atoms with Crippen molar-refractivity contribution in [2.45, 2.75) is 12.4 Å². The van der Waals surface area contributed by atoms with Gasteiger partial charge in [-0.2, -0.15) is 26.3 Å². The minimum atomic E-state index is -4.59. The second-order valence-corrected chi connectivity index (χ2v) is 4.84. The lowest BCUT2D eigenvalue weighted by Crippen LogP contribution is -2.10. The number of benzene rings is 1. The van der Waals surface area contributed by atoms with Gasteiger partial charge in [0.05, 0.1) is 11.3 Å². The van der Waals surface area contributed by atoms with E-state index in [9.17, 15) is 26.3 Å². The van der Waals surface area contributed by atoms with E-state index in [1.807, 2.05) is 0 Å². The van der Waals surface area contributed by atoms with Crippen LogP contribution in [0.1, 0.15) is 11.3 Å². The molecule has 2 nitrogen and oxygen atoms in total. The zero-order chi connectivity index (χ0) is 16.8. The van der Waals surface area contributed by atoms with Crippen molar-refractivity contribution in [3.8, 4) is 11.3 Å². The maximum Gasteiger partial charge on any atom is 0.431 e. The predicted octanol–water partition coefficient (Wildman–Crippen LogP) is 5.04. The Hall–Kier alpha value is -2.51. The molecule has 0 unspecified atom stereocenters. The van der Waals surface area contributed by atoms with Gasteiger partial charge in [-0.1, -0.05) is 18.2 Å².